The third-order valence-electron chi connectivity index (χ3n) is 3.11. The van der Waals surface area contributed by atoms with Crippen LogP contribution < -0.4 is 10.6 Å². The number of aryl methyl sites for hydroxylation is 2. The molecule has 1 heterocycles. The monoisotopic (exact) mass is 252 g/mol. The van der Waals surface area contributed by atoms with Gasteiger partial charge in [-0.05, 0) is 33.1 Å². The lowest BCUT2D eigenvalue weighted by molar-refractivity contribution is 0.596. The molecule has 0 aliphatic heterocycles. The number of nitrogens with two attached hydrogens (primary N) is 1. The second-order valence-corrected chi connectivity index (χ2v) is 5.63. The van der Waals surface area contributed by atoms with Crippen molar-refractivity contribution in [3.63, 3.8) is 0 Å². The van der Waals surface area contributed by atoms with Crippen LogP contribution in [-0.2, 0) is 13.5 Å². The average molecular weight is 252 g/mol. The summed E-state index contributed by atoms with van der Waals surface area (Å²) >= 11 is 0. The van der Waals surface area contributed by atoms with Crippen molar-refractivity contribution in [3.8, 4) is 0 Å². The molecule has 0 aliphatic carbocycles. The first-order chi connectivity index (χ1) is 8.36. The minimum absolute atomic E-state index is 0.171. The van der Waals surface area contributed by atoms with Gasteiger partial charge in [0.05, 0.1) is 5.69 Å². The van der Waals surface area contributed by atoms with Gasteiger partial charge < -0.3 is 10.6 Å². The molecule has 1 aromatic heterocycles. The molecule has 0 aliphatic rings. The molecule has 1 rings (SSSR count). The number of rotatable bonds is 6. The molecule has 1 unspecified atom stereocenters. The van der Waals surface area contributed by atoms with E-state index < -0.39 is 0 Å². The van der Waals surface area contributed by atoms with Crippen molar-refractivity contribution >= 4 is 5.82 Å². The first-order valence-electron chi connectivity index (χ1n) is 6.89. The fourth-order valence-electron chi connectivity index (χ4n) is 2.45. The summed E-state index contributed by atoms with van der Waals surface area (Å²) in [6.07, 6.45) is 0.892. The minimum Gasteiger partial charge on any atom is -0.357 e. The van der Waals surface area contributed by atoms with Gasteiger partial charge >= 0.3 is 0 Å². The molecule has 18 heavy (non-hydrogen) atoms. The Kier molecular flexibility index (Phi) is 5.20. The Morgan fingerprint density at radius 2 is 1.94 bits per heavy atom. The van der Waals surface area contributed by atoms with Crippen LogP contribution in [0.5, 0.6) is 0 Å². The van der Waals surface area contributed by atoms with Crippen LogP contribution in [0.2, 0.25) is 0 Å². The smallest absolute Gasteiger partial charge is 0.130 e. The Labute approximate surface area is 111 Å². The Hall–Kier alpha value is -1.03. The van der Waals surface area contributed by atoms with Crippen molar-refractivity contribution in [1.82, 2.24) is 9.78 Å². The third-order valence-corrected chi connectivity index (χ3v) is 3.11. The number of anilines is 1. The number of nitrogens with zero attached hydrogens (tertiary/aromatic N) is 3. The van der Waals surface area contributed by atoms with Gasteiger partial charge in [-0.3, -0.25) is 4.68 Å². The topological polar surface area (TPSA) is 47.1 Å². The summed E-state index contributed by atoms with van der Waals surface area (Å²) < 4.78 is 2.00. The molecule has 1 atom stereocenters. The zero-order valence-corrected chi connectivity index (χ0v) is 12.7. The summed E-state index contributed by atoms with van der Waals surface area (Å²) in [6, 6.07) is 0.171. The van der Waals surface area contributed by atoms with E-state index in [0.717, 1.165) is 25.2 Å². The van der Waals surface area contributed by atoms with E-state index in [4.69, 9.17) is 5.73 Å². The summed E-state index contributed by atoms with van der Waals surface area (Å²) in [5.41, 5.74) is 8.36. The number of aromatic nitrogens is 2. The fourth-order valence-corrected chi connectivity index (χ4v) is 2.45. The molecule has 4 nitrogen and oxygen atoms in total. The molecule has 0 amide bonds. The van der Waals surface area contributed by atoms with E-state index in [1.807, 2.05) is 11.7 Å². The van der Waals surface area contributed by atoms with Gasteiger partial charge in [-0.15, -0.1) is 0 Å². The molecular weight excluding hydrogens is 224 g/mol. The molecule has 0 spiro atoms. The van der Waals surface area contributed by atoms with Gasteiger partial charge in [-0.1, -0.05) is 13.8 Å². The third kappa shape index (κ3) is 3.48. The molecule has 0 radical (unpaired) electrons. The van der Waals surface area contributed by atoms with Crippen LogP contribution in [0.4, 0.5) is 5.82 Å². The molecule has 0 fully saturated rings. The van der Waals surface area contributed by atoms with Crippen molar-refractivity contribution < 1.29 is 0 Å². The molecular formula is C14H28N4. The Balaban J connectivity index is 3.11. The second-order valence-electron chi connectivity index (χ2n) is 5.63. The lowest BCUT2D eigenvalue weighted by atomic mass is 10.1. The van der Waals surface area contributed by atoms with Gasteiger partial charge in [0.15, 0.2) is 0 Å². The summed E-state index contributed by atoms with van der Waals surface area (Å²) in [4.78, 5) is 2.41. The van der Waals surface area contributed by atoms with Crippen molar-refractivity contribution in [2.45, 2.75) is 47.1 Å². The number of hydrogen-bond donors (Lipinski definition) is 1. The molecule has 0 bridgehead atoms. The highest BCUT2D eigenvalue weighted by Crippen LogP contribution is 2.25. The van der Waals surface area contributed by atoms with Gasteiger partial charge in [0.25, 0.3) is 0 Å². The largest absolute Gasteiger partial charge is 0.357 e. The zero-order chi connectivity index (χ0) is 13.9. The van der Waals surface area contributed by atoms with E-state index in [-0.39, 0.29) is 6.04 Å². The van der Waals surface area contributed by atoms with E-state index in [9.17, 15) is 0 Å². The molecule has 1 aromatic rings. The van der Waals surface area contributed by atoms with Crippen LogP contribution in [0, 0.1) is 12.8 Å². The highest BCUT2D eigenvalue weighted by molar-refractivity contribution is 5.50. The van der Waals surface area contributed by atoms with Gasteiger partial charge in [0, 0.05) is 31.7 Å². The standard InChI is InChI=1S/C14H28N4/c1-7-18(9-10(2)3)14-13(8-11(4)15)12(5)16-17(14)6/h10-11H,7-9,15H2,1-6H3. The first-order valence-corrected chi connectivity index (χ1v) is 6.89. The van der Waals surface area contributed by atoms with Gasteiger partial charge in [-0.25, -0.2) is 0 Å². The fraction of sp³-hybridized carbons (Fsp3) is 0.786. The Morgan fingerprint density at radius 3 is 2.39 bits per heavy atom. The summed E-state index contributed by atoms with van der Waals surface area (Å²) in [5.74, 6) is 1.88. The molecule has 0 saturated heterocycles. The van der Waals surface area contributed by atoms with Crippen molar-refractivity contribution in [2.24, 2.45) is 18.7 Å². The van der Waals surface area contributed by atoms with E-state index in [2.05, 4.69) is 44.6 Å². The Morgan fingerprint density at radius 1 is 1.33 bits per heavy atom. The van der Waals surface area contributed by atoms with Crippen molar-refractivity contribution in [1.29, 1.82) is 0 Å². The van der Waals surface area contributed by atoms with E-state index in [1.54, 1.807) is 0 Å². The lowest BCUT2D eigenvalue weighted by Crippen LogP contribution is -2.30. The average Bonchev–Trinajstić information content (AvgIpc) is 2.50. The minimum atomic E-state index is 0.171. The highest BCUT2D eigenvalue weighted by Gasteiger charge is 2.19. The quantitative estimate of drug-likeness (QED) is 0.843. The highest BCUT2D eigenvalue weighted by atomic mass is 15.4. The SMILES string of the molecule is CCN(CC(C)C)c1c(CC(C)N)c(C)nn1C. The molecule has 4 heteroatoms. The van der Waals surface area contributed by atoms with Crippen LogP contribution in [-0.4, -0.2) is 28.9 Å². The molecule has 104 valence electrons. The first kappa shape index (κ1) is 15.0. The normalized spacial score (nSPS) is 13.1. The van der Waals surface area contributed by atoms with Crippen LogP contribution in [0.1, 0.15) is 39.0 Å². The predicted molar refractivity (Wildman–Crippen MR) is 78.0 cm³/mol. The summed E-state index contributed by atoms with van der Waals surface area (Å²) in [7, 11) is 2.02. The van der Waals surface area contributed by atoms with Gasteiger partial charge in [-0.2, -0.15) is 5.10 Å². The second kappa shape index (κ2) is 6.23. The molecule has 0 saturated carbocycles. The van der Waals surface area contributed by atoms with Crippen LogP contribution in [0.25, 0.3) is 0 Å². The maximum atomic E-state index is 5.96. The zero-order valence-electron chi connectivity index (χ0n) is 12.7. The molecule has 2 N–H and O–H groups in total. The maximum Gasteiger partial charge on any atom is 0.130 e. The summed E-state index contributed by atoms with van der Waals surface area (Å²) in [6.45, 7) is 12.9. The Bertz CT molecular complexity index is 379. The molecule has 0 aromatic carbocycles. The van der Waals surface area contributed by atoms with Gasteiger partial charge in [0.1, 0.15) is 5.82 Å². The van der Waals surface area contributed by atoms with Crippen LogP contribution >= 0.6 is 0 Å². The van der Waals surface area contributed by atoms with E-state index in [0.29, 0.717) is 5.92 Å². The van der Waals surface area contributed by atoms with Crippen molar-refractivity contribution in [3.05, 3.63) is 11.3 Å². The number of hydrogen-bond acceptors (Lipinski definition) is 3. The van der Waals surface area contributed by atoms with Crippen molar-refractivity contribution in [2.75, 3.05) is 18.0 Å². The van der Waals surface area contributed by atoms with Crippen LogP contribution in [0.15, 0.2) is 0 Å². The van der Waals surface area contributed by atoms with Crippen LogP contribution in [0.3, 0.4) is 0 Å². The maximum absolute atomic E-state index is 5.96. The summed E-state index contributed by atoms with van der Waals surface area (Å²) in [5, 5.41) is 4.56. The lowest BCUT2D eigenvalue weighted by Gasteiger charge is -2.26. The van der Waals surface area contributed by atoms with E-state index >= 15 is 0 Å². The van der Waals surface area contributed by atoms with E-state index in [1.165, 1.54) is 11.4 Å². The predicted octanol–water partition coefficient (Wildman–Crippen LogP) is 2.10. The van der Waals surface area contributed by atoms with Gasteiger partial charge in [0.2, 0.25) is 0 Å².